The highest BCUT2D eigenvalue weighted by molar-refractivity contribution is 7.99. The van der Waals surface area contributed by atoms with Gasteiger partial charge in [0.2, 0.25) is 0 Å². The summed E-state index contributed by atoms with van der Waals surface area (Å²) < 4.78 is 0. The zero-order valence-corrected chi connectivity index (χ0v) is 12.6. The second-order valence-electron chi connectivity index (χ2n) is 4.25. The number of hydrogen-bond acceptors (Lipinski definition) is 5. The molecule has 0 atom stereocenters. The molecule has 0 saturated heterocycles. The Balaban J connectivity index is 2.34. The van der Waals surface area contributed by atoms with Gasteiger partial charge in [-0.05, 0) is 23.9 Å². The third-order valence-corrected chi connectivity index (χ3v) is 3.77. The molecule has 0 amide bonds. The fourth-order valence-corrected chi connectivity index (χ4v) is 2.45. The number of nitrogens with one attached hydrogen (secondary N) is 1. The molecule has 2 rings (SSSR count). The highest BCUT2D eigenvalue weighted by atomic mass is 35.5. The Hall–Kier alpha value is -1.33. The average molecular weight is 295 g/mol. The molecule has 4 nitrogen and oxygen atoms in total. The van der Waals surface area contributed by atoms with Gasteiger partial charge in [0, 0.05) is 25.2 Å². The monoisotopic (exact) mass is 294 g/mol. The molecule has 0 aromatic carbocycles. The van der Waals surface area contributed by atoms with Crippen LogP contribution in [-0.4, -0.2) is 22.0 Å². The maximum Gasteiger partial charge on any atom is 0.134 e. The van der Waals surface area contributed by atoms with Gasteiger partial charge in [-0.1, -0.05) is 25.4 Å². The maximum absolute atomic E-state index is 6.11. The fourth-order valence-electron chi connectivity index (χ4n) is 1.43. The van der Waals surface area contributed by atoms with Crippen LogP contribution in [0.2, 0.25) is 5.02 Å². The summed E-state index contributed by atoms with van der Waals surface area (Å²) >= 11 is 7.55. The second-order valence-corrected chi connectivity index (χ2v) is 5.66. The van der Waals surface area contributed by atoms with E-state index in [0.717, 1.165) is 21.7 Å². The van der Waals surface area contributed by atoms with Crippen LogP contribution >= 0.6 is 23.4 Å². The van der Waals surface area contributed by atoms with Crippen LogP contribution in [0.15, 0.2) is 34.4 Å². The first-order chi connectivity index (χ1) is 9.10. The predicted molar refractivity (Wildman–Crippen MR) is 79.0 cm³/mol. The number of halogens is 1. The van der Waals surface area contributed by atoms with E-state index in [1.165, 1.54) is 11.8 Å². The number of rotatable bonds is 4. The fraction of sp³-hybridized carbons (Fsp3) is 0.308. The summed E-state index contributed by atoms with van der Waals surface area (Å²) in [6.07, 6.45) is 1.72. The zero-order chi connectivity index (χ0) is 13.8. The Bertz CT molecular complexity index is 574. The molecule has 0 unspecified atom stereocenters. The van der Waals surface area contributed by atoms with Gasteiger partial charge >= 0.3 is 0 Å². The maximum atomic E-state index is 6.11. The highest BCUT2D eigenvalue weighted by Crippen LogP contribution is 2.31. The smallest absolute Gasteiger partial charge is 0.134 e. The average Bonchev–Trinajstić information content (AvgIpc) is 2.41. The minimum Gasteiger partial charge on any atom is -0.373 e. The Kier molecular flexibility index (Phi) is 4.61. The quantitative estimate of drug-likeness (QED) is 0.868. The summed E-state index contributed by atoms with van der Waals surface area (Å²) in [5.41, 5.74) is 0. The minimum atomic E-state index is 0.270. The van der Waals surface area contributed by atoms with Crippen molar-refractivity contribution in [3.8, 4) is 0 Å². The summed E-state index contributed by atoms with van der Waals surface area (Å²) in [6, 6.07) is 5.52. The molecule has 6 heteroatoms. The first kappa shape index (κ1) is 14.1. The Morgan fingerprint density at radius 3 is 2.74 bits per heavy atom. The van der Waals surface area contributed by atoms with Gasteiger partial charge in [-0.15, -0.1) is 0 Å². The summed E-state index contributed by atoms with van der Waals surface area (Å²) in [5, 5.41) is 5.26. The topological polar surface area (TPSA) is 50.7 Å². The van der Waals surface area contributed by atoms with Crippen LogP contribution in [0.25, 0.3) is 0 Å². The van der Waals surface area contributed by atoms with Crippen LogP contribution in [0.5, 0.6) is 0 Å². The summed E-state index contributed by atoms with van der Waals surface area (Å²) in [5.74, 6) is 1.88. The van der Waals surface area contributed by atoms with Gasteiger partial charge in [-0.2, -0.15) is 0 Å². The van der Waals surface area contributed by atoms with Crippen molar-refractivity contribution in [3.63, 3.8) is 0 Å². The van der Waals surface area contributed by atoms with Gasteiger partial charge < -0.3 is 5.32 Å². The third-order valence-electron chi connectivity index (χ3n) is 2.42. The highest BCUT2D eigenvalue weighted by Gasteiger charge is 2.10. The lowest BCUT2D eigenvalue weighted by atomic mass is 10.2. The summed E-state index contributed by atoms with van der Waals surface area (Å²) in [6.45, 7) is 4.13. The molecular weight excluding hydrogens is 280 g/mol. The van der Waals surface area contributed by atoms with Crippen molar-refractivity contribution < 1.29 is 0 Å². The molecule has 2 aromatic heterocycles. The van der Waals surface area contributed by atoms with Gasteiger partial charge in [0.1, 0.15) is 21.7 Å². The molecule has 19 heavy (non-hydrogen) atoms. The lowest BCUT2D eigenvalue weighted by molar-refractivity contribution is 0.755. The van der Waals surface area contributed by atoms with E-state index in [4.69, 9.17) is 11.6 Å². The van der Waals surface area contributed by atoms with Crippen LogP contribution in [0.1, 0.15) is 25.6 Å². The van der Waals surface area contributed by atoms with E-state index >= 15 is 0 Å². The molecule has 2 aromatic rings. The Morgan fingerprint density at radius 2 is 2.11 bits per heavy atom. The van der Waals surface area contributed by atoms with Crippen LogP contribution in [-0.2, 0) is 0 Å². The lowest BCUT2D eigenvalue weighted by Crippen LogP contribution is -2.02. The van der Waals surface area contributed by atoms with Gasteiger partial charge in [-0.3, -0.25) is 0 Å². The predicted octanol–water partition coefficient (Wildman–Crippen LogP) is 3.84. The van der Waals surface area contributed by atoms with Crippen LogP contribution in [0.4, 0.5) is 5.82 Å². The second kappa shape index (κ2) is 6.21. The molecule has 0 saturated carbocycles. The Labute approximate surface area is 122 Å². The molecular formula is C13H15ClN4S. The summed E-state index contributed by atoms with van der Waals surface area (Å²) in [4.78, 5) is 13.2. The number of anilines is 1. The van der Waals surface area contributed by atoms with E-state index < -0.39 is 0 Å². The summed E-state index contributed by atoms with van der Waals surface area (Å²) in [7, 11) is 1.84. The number of pyridine rings is 1. The molecule has 100 valence electrons. The molecule has 2 heterocycles. The molecule has 0 spiro atoms. The van der Waals surface area contributed by atoms with E-state index in [-0.39, 0.29) is 5.92 Å². The first-order valence-corrected chi connectivity index (χ1v) is 7.14. The van der Waals surface area contributed by atoms with Crippen molar-refractivity contribution in [2.45, 2.75) is 29.8 Å². The number of nitrogens with zero attached hydrogens (tertiary/aromatic N) is 3. The number of aromatic nitrogens is 3. The van der Waals surface area contributed by atoms with E-state index in [1.807, 2.05) is 25.2 Å². The van der Waals surface area contributed by atoms with Crippen LogP contribution in [0, 0.1) is 0 Å². The molecule has 0 aliphatic rings. The molecule has 1 N–H and O–H groups in total. The first-order valence-electron chi connectivity index (χ1n) is 5.95. The van der Waals surface area contributed by atoms with E-state index in [1.54, 1.807) is 6.20 Å². The van der Waals surface area contributed by atoms with Crippen molar-refractivity contribution >= 4 is 29.2 Å². The third kappa shape index (κ3) is 3.58. The molecule has 0 aliphatic carbocycles. The van der Waals surface area contributed by atoms with E-state index in [9.17, 15) is 0 Å². The van der Waals surface area contributed by atoms with E-state index in [2.05, 4.69) is 34.1 Å². The molecule has 0 radical (unpaired) electrons. The van der Waals surface area contributed by atoms with Crippen molar-refractivity contribution in [1.82, 2.24) is 15.0 Å². The van der Waals surface area contributed by atoms with E-state index in [0.29, 0.717) is 5.02 Å². The molecule has 0 aliphatic heterocycles. The minimum absolute atomic E-state index is 0.270. The molecule has 0 fully saturated rings. The van der Waals surface area contributed by atoms with Crippen molar-refractivity contribution in [2.24, 2.45) is 0 Å². The molecule has 0 bridgehead atoms. The SMILES string of the molecule is CNc1cc(Sc2ncccc2Cl)nc(C(C)C)n1. The zero-order valence-electron chi connectivity index (χ0n) is 11.0. The van der Waals surface area contributed by atoms with Crippen molar-refractivity contribution in [2.75, 3.05) is 12.4 Å². The van der Waals surface area contributed by atoms with Crippen molar-refractivity contribution in [3.05, 3.63) is 35.2 Å². The van der Waals surface area contributed by atoms with Gasteiger partial charge in [-0.25, -0.2) is 15.0 Å². The van der Waals surface area contributed by atoms with Crippen molar-refractivity contribution in [1.29, 1.82) is 0 Å². The largest absolute Gasteiger partial charge is 0.373 e. The van der Waals surface area contributed by atoms with Crippen LogP contribution < -0.4 is 5.32 Å². The normalized spacial score (nSPS) is 10.8. The van der Waals surface area contributed by atoms with Crippen LogP contribution in [0.3, 0.4) is 0 Å². The number of hydrogen-bond donors (Lipinski definition) is 1. The lowest BCUT2D eigenvalue weighted by Gasteiger charge is -2.09. The van der Waals surface area contributed by atoms with Gasteiger partial charge in [0.15, 0.2) is 0 Å². The standard InChI is InChI=1S/C13H15ClN4S/c1-8(2)12-17-10(15-3)7-11(18-12)19-13-9(14)5-4-6-16-13/h4-8H,1-3H3,(H,15,17,18). The van der Waals surface area contributed by atoms with Gasteiger partial charge in [0.25, 0.3) is 0 Å². The Morgan fingerprint density at radius 1 is 1.32 bits per heavy atom. The van der Waals surface area contributed by atoms with Gasteiger partial charge in [0.05, 0.1) is 5.02 Å².